The van der Waals surface area contributed by atoms with Gasteiger partial charge in [-0.05, 0) is 12.5 Å². The number of benzene rings is 1. The lowest BCUT2D eigenvalue weighted by Crippen LogP contribution is -2.06. The highest BCUT2D eigenvalue weighted by atomic mass is 16.1. The summed E-state index contributed by atoms with van der Waals surface area (Å²) in [6.45, 7) is 5.83. The monoisotopic (exact) mass is 243 g/mol. The van der Waals surface area contributed by atoms with Crippen LogP contribution in [0.25, 0.3) is 0 Å². The Bertz CT molecular complexity index is 503. The molecule has 1 aromatic heterocycles. The Kier molecular flexibility index (Phi) is 5.38. The van der Waals surface area contributed by atoms with Crippen molar-refractivity contribution in [2.24, 2.45) is 0 Å². The van der Waals surface area contributed by atoms with E-state index < -0.39 is 0 Å². The zero-order chi connectivity index (χ0) is 13.4. The molecule has 0 saturated heterocycles. The average Bonchev–Trinajstić information content (AvgIpc) is 2.73. The molecule has 0 bridgehead atoms. The van der Waals surface area contributed by atoms with Crippen molar-refractivity contribution in [2.75, 3.05) is 5.73 Å². The van der Waals surface area contributed by atoms with Crippen LogP contribution in [0, 0.1) is 0 Å². The third-order valence-electron chi connectivity index (χ3n) is 2.21. The number of allylic oxidation sites excluding steroid dienone is 1. The molecular formula is C14H17N3O. The van der Waals surface area contributed by atoms with Crippen LogP contribution >= 0.6 is 0 Å². The molecule has 2 rings (SSSR count). The minimum atomic E-state index is 0.411. The minimum absolute atomic E-state index is 0.411. The number of nitrogens with zero attached hydrogens (tertiary/aromatic N) is 2. The van der Waals surface area contributed by atoms with Crippen LogP contribution in [0.15, 0.2) is 49.2 Å². The van der Waals surface area contributed by atoms with Crippen LogP contribution in [0.5, 0.6) is 0 Å². The van der Waals surface area contributed by atoms with Gasteiger partial charge in [0.05, 0.1) is 18.3 Å². The fourth-order valence-electron chi connectivity index (χ4n) is 1.38. The van der Waals surface area contributed by atoms with Gasteiger partial charge in [-0.2, -0.15) is 5.10 Å². The van der Waals surface area contributed by atoms with E-state index in [1.54, 1.807) is 10.8 Å². The second-order valence-electron chi connectivity index (χ2n) is 3.65. The highest BCUT2D eigenvalue weighted by Crippen LogP contribution is 2.10. The van der Waals surface area contributed by atoms with E-state index in [0.29, 0.717) is 24.2 Å². The number of carbonyl (C=O) groups is 1. The number of aldehydes is 1. The molecule has 2 aromatic rings. The quantitative estimate of drug-likeness (QED) is 0.665. The highest BCUT2D eigenvalue weighted by molar-refractivity contribution is 5.81. The average molecular weight is 243 g/mol. The molecule has 0 aliphatic carbocycles. The predicted octanol–water partition coefficient (Wildman–Crippen LogP) is 2.52. The summed E-state index contributed by atoms with van der Waals surface area (Å²) in [5, 5.41) is 4.04. The molecule has 4 nitrogen and oxygen atoms in total. The Morgan fingerprint density at radius 2 is 2.00 bits per heavy atom. The molecule has 18 heavy (non-hydrogen) atoms. The summed E-state index contributed by atoms with van der Waals surface area (Å²) in [6.07, 6.45) is 3.94. The third-order valence-corrected chi connectivity index (χ3v) is 2.21. The van der Waals surface area contributed by atoms with Crippen LogP contribution in [-0.2, 0) is 6.54 Å². The summed E-state index contributed by atoms with van der Waals surface area (Å²) >= 11 is 0. The second-order valence-corrected chi connectivity index (χ2v) is 3.65. The zero-order valence-electron chi connectivity index (χ0n) is 10.4. The number of carbonyl (C=O) groups excluding carboxylic acids is 1. The molecule has 0 unspecified atom stereocenters. The van der Waals surface area contributed by atoms with Crippen LogP contribution in [-0.4, -0.2) is 16.1 Å². The lowest BCUT2D eigenvalue weighted by molar-refractivity contribution is 0.112. The van der Waals surface area contributed by atoms with Gasteiger partial charge in [-0.25, -0.2) is 4.68 Å². The summed E-state index contributed by atoms with van der Waals surface area (Å²) in [5.41, 5.74) is 7.27. The van der Waals surface area contributed by atoms with E-state index in [1.807, 2.05) is 37.3 Å². The van der Waals surface area contributed by atoms with Crippen LogP contribution in [0.1, 0.15) is 22.8 Å². The van der Waals surface area contributed by atoms with Crippen molar-refractivity contribution in [1.82, 2.24) is 9.78 Å². The normalized spacial score (nSPS) is 9.17. The third kappa shape index (κ3) is 3.59. The van der Waals surface area contributed by atoms with Crippen molar-refractivity contribution in [2.45, 2.75) is 13.5 Å². The lowest BCUT2D eigenvalue weighted by Gasteiger charge is -2.03. The molecule has 0 aliphatic heterocycles. The van der Waals surface area contributed by atoms with Crippen LogP contribution in [0.3, 0.4) is 0 Å². The molecule has 94 valence electrons. The summed E-state index contributed by atoms with van der Waals surface area (Å²) < 4.78 is 1.61. The summed E-state index contributed by atoms with van der Waals surface area (Å²) in [5.74, 6) is 0.411. The SMILES string of the molecule is C=CC.Nc1c(C=O)cnn1Cc1ccccc1. The maximum atomic E-state index is 10.6. The zero-order valence-corrected chi connectivity index (χ0v) is 10.4. The Labute approximate surface area is 107 Å². The number of anilines is 1. The fourth-order valence-corrected chi connectivity index (χ4v) is 1.38. The topological polar surface area (TPSA) is 60.9 Å². The van der Waals surface area contributed by atoms with Gasteiger partial charge in [-0.15, -0.1) is 6.58 Å². The molecule has 0 saturated carbocycles. The van der Waals surface area contributed by atoms with Gasteiger partial charge in [0.25, 0.3) is 0 Å². The van der Waals surface area contributed by atoms with Crippen molar-refractivity contribution in [3.63, 3.8) is 0 Å². The molecule has 2 N–H and O–H groups in total. The van der Waals surface area contributed by atoms with Gasteiger partial charge >= 0.3 is 0 Å². The number of aromatic nitrogens is 2. The van der Waals surface area contributed by atoms with Crippen molar-refractivity contribution < 1.29 is 4.79 Å². The Morgan fingerprint density at radius 3 is 2.50 bits per heavy atom. The summed E-state index contributed by atoms with van der Waals surface area (Å²) in [6, 6.07) is 9.83. The number of nitrogen functional groups attached to an aromatic ring is 1. The molecule has 0 aliphatic rings. The Hall–Kier alpha value is -2.36. The van der Waals surface area contributed by atoms with E-state index in [9.17, 15) is 4.79 Å². The predicted molar refractivity (Wildman–Crippen MR) is 73.4 cm³/mol. The fraction of sp³-hybridized carbons (Fsp3) is 0.143. The number of nitrogens with two attached hydrogens (primary N) is 1. The lowest BCUT2D eigenvalue weighted by atomic mass is 10.2. The number of hydrogen-bond acceptors (Lipinski definition) is 3. The minimum Gasteiger partial charge on any atom is -0.383 e. The van der Waals surface area contributed by atoms with E-state index in [0.717, 1.165) is 5.56 Å². The van der Waals surface area contributed by atoms with E-state index in [-0.39, 0.29) is 0 Å². The molecule has 0 radical (unpaired) electrons. The van der Waals surface area contributed by atoms with Crippen molar-refractivity contribution in [3.8, 4) is 0 Å². The van der Waals surface area contributed by atoms with E-state index in [4.69, 9.17) is 5.73 Å². The van der Waals surface area contributed by atoms with Gasteiger partial charge < -0.3 is 5.73 Å². The summed E-state index contributed by atoms with van der Waals surface area (Å²) in [7, 11) is 0. The molecule has 0 spiro atoms. The van der Waals surface area contributed by atoms with Crippen molar-refractivity contribution in [1.29, 1.82) is 0 Å². The molecule has 1 aromatic carbocycles. The van der Waals surface area contributed by atoms with Crippen LogP contribution in [0.2, 0.25) is 0 Å². The first-order valence-corrected chi connectivity index (χ1v) is 5.60. The van der Waals surface area contributed by atoms with Gasteiger partial charge in [0, 0.05) is 0 Å². The molecule has 0 atom stereocenters. The smallest absolute Gasteiger partial charge is 0.155 e. The Balaban J connectivity index is 0.000000492. The molecule has 4 heteroatoms. The molecular weight excluding hydrogens is 226 g/mol. The molecule has 0 fully saturated rings. The van der Waals surface area contributed by atoms with E-state index in [1.165, 1.54) is 6.20 Å². The van der Waals surface area contributed by atoms with Gasteiger partial charge in [0.15, 0.2) is 6.29 Å². The van der Waals surface area contributed by atoms with Crippen LogP contribution < -0.4 is 5.73 Å². The first kappa shape index (κ1) is 13.7. The number of hydrogen-bond donors (Lipinski definition) is 1. The van der Waals surface area contributed by atoms with Gasteiger partial charge in [-0.1, -0.05) is 36.4 Å². The standard InChI is InChI=1S/C11H11N3O.C3H6/c12-11-10(8-15)6-13-14(11)7-9-4-2-1-3-5-9;1-3-2/h1-6,8H,7,12H2;3H,1H2,2H3. The van der Waals surface area contributed by atoms with Gasteiger partial charge in [-0.3, -0.25) is 4.79 Å². The highest BCUT2D eigenvalue weighted by Gasteiger charge is 2.05. The maximum absolute atomic E-state index is 10.6. The molecule has 0 amide bonds. The summed E-state index contributed by atoms with van der Waals surface area (Å²) in [4.78, 5) is 10.6. The van der Waals surface area contributed by atoms with E-state index >= 15 is 0 Å². The van der Waals surface area contributed by atoms with E-state index in [2.05, 4.69) is 11.7 Å². The van der Waals surface area contributed by atoms with Gasteiger partial charge in [0.1, 0.15) is 5.82 Å². The first-order valence-electron chi connectivity index (χ1n) is 5.60. The number of rotatable bonds is 3. The van der Waals surface area contributed by atoms with Crippen LogP contribution in [0.4, 0.5) is 5.82 Å². The largest absolute Gasteiger partial charge is 0.383 e. The molecule has 1 heterocycles. The Morgan fingerprint density at radius 1 is 1.39 bits per heavy atom. The van der Waals surface area contributed by atoms with Crippen molar-refractivity contribution in [3.05, 3.63) is 60.3 Å². The van der Waals surface area contributed by atoms with Gasteiger partial charge in [0.2, 0.25) is 0 Å². The second kappa shape index (κ2) is 7.06. The maximum Gasteiger partial charge on any atom is 0.155 e. The van der Waals surface area contributed by atoms with Crippen molar-refractivity contribution >= 4 is 12.1 Å². The first-order chi connectivity index (χ1) is 8.72.